The molecule has 7 heteroatoms. The highest BCUT2D eigenvalue weighted by Crippen LogP contribution is 2.29. The van der Waals surface area contributed by atoms with E-state index in [-0.39, 0.29) is 10.8 Å². The van der Waals surface area contributed by atoms with Crippen LogP contribution in [-0.2, 0) is 10.0 Å². The zero-order chi connectivity index (χ0) is 15.6. The molecule has 116 valence electrons. The van der Waals surface area contributed by atoms with Crippen molar-refractivity contribution >= 4 is 10.0 Å². The van der Waals surface area contributed by atoms with Crippen LogP contribution in [0.1, 0.15) is 24.5 Å². The number of aromatic nitrogens is 2. The summed E-state index contributed by atoms with van der Waals surface area (Å²) in [4.78, 5) is 8.33. The van der Waals surface area contributed by atoms with Crippen LogP contribution in [0.2, 0.25) is 0 Å². The van der Waals surface area contributed by atoms with E-state index in [0.717, 1.165) is 11.8 Å². The van der Waals surface area contributed by atoms with Crippen LogP contribution in [0.4, 0.5) is 4.39 Å². The first kappa shape index (κ1) is 15.1. The SMILES string of the molecule is O=S(=O)(c1cccc(F)c1)N1CCC(c2cnccn2)CC1. The highest BCUT2D eigenvalue weighted by Gasteiger charge is 2.30. The van der Waals surface area contributed by atoms with Gasteiger partial charge in [-0.25, -0.2) is 12.8 Å². The summed E-state index contributed by atoms with van der Waals surface area (Å²) in [5.74, 6) is -0.330. The summed E-state index contributed by atoms with van der Waals surface area (Å²) in [6.45, 7) is 0.806. The van der Waals surface area contributed by atoms with Crippen LogP contribution in [0.25, 0.3) is 0 Å². The third-order valence-corrected chi connectivity index (χ3v) is 5.78. The molecule has 0 radical (unpaired) electrons. The zero-order valence-electron chi connectivity index (χ0n) is 11.9. The number of rotatable bonds is 3. The first-order valence-electron chi connectivity index (χ1n) is 7.09. The Morgan fingerprint density at radius 3 is 2.59 bits per heavy atom. The van der Waals surface area contributed by atoms with Crippen molar-refractivity contribution in [3.63, 3.8) is 0 Å². The Kier molecular flexibility index (Phi) is 4.17. The molecule has 1 aromatic carbocycles. The van der Waals surface area contributed by atoms with E-state index in [4.69, 9.17) is 0 Å². The molecule has 1 aliphatic heterocycles. The molecule has 0 aliphatic carbocycles. The van der Waals surface area contributed by atoms with E-state index in [1.54, 1.807) is 18.6 Å². The predicted octanol–water partition coefficient (Wildman–Crippen LogP) is 2.18. The van der Waals surface area contributed by atoms with Gasteiger partial charge in [0.2, 0.25) is 10.0 Å². The summed E-state index contributed by atoms with van der Waals surface area (Å²) in [7, 11) is -3.63. The lowest BCUT2D eigenvalue weighted by Crippen LogP contribution is -2.38. The monoisotopic (exact) mass is 321 g/mol. The van der Waals surface area contributed by atoms with Gasteiger partial charge in [-0.05, 0) is 31.0 Å². The number of nitrogens with zero attached hydrogens (tertiary/aromatic N) is 3. The quantitative estimate of drug-likeness (QED) is 0.869. The maximum atomic E-state index is 13.2. The van der Waals surface area contributed by atoms with E-state index >= 15 is 0 Å². The van der Waals surface area contributed by atoms with E-state index < -0.39 is 15.8 Å². The molecule has 2 aromatic rings. The molecule has 3 rings (SSSR count). The third kappa shape index (κ3) is 3.00. The minimum atomic E-state index is -3.63. The van der Waals surface area contributed by atoms with Gasteiger partial charge in [-0.15, -0.1) is 0 Å². The van der Waals surface area contributed by atoms with Gasteiger partial charge in [0, 0.05) is 37.6 Å². The van der Waals surface area contributed by atoms with Crippen molar-refractivity contribution in [1.29, 1.82) is 0 Å². The predicted molar refractivity (Wildman–Crippen MR) is 79.2 cm³/mol. The molecule has 0 atom stereocenters. The van der Waals surface area contributed by atoms with Gasteiger partial charge in [-0.2, -0.15) is 4.31 Å². The highest BCUT2D eigenvalue weighted by atomic mass is 32.2. The molecular weight excluding hydrogens is 305 g/mol. The summed E-state index contributed by atoms with van der Waals surface area (Å²) in [6.07, 6.45) is 6.36. The second kappa shape index (κ2) is 6.10. The van der Waals surface area contributed by atoms with Crippen LogP contribution in [0.5, 0.6) is 0 Å². The van der Waals surface area contributed by atoms with Crippen molar-refractivity contribution in [2.45, 2.75) is 23.7 Å². The van der Waals surface area contributed by atoms with Crippen molar-refractivity contribution in [2.75, 3.05) is 13.1 Å². The highest BCUT2D eigenvalue weighted by molar-refractivity contribution is 7.89. The molecule has 1 saturated heterocycles. The maximum absolute atomic E-state index is 13.2. The number of hydrogen-bond acceptors (Lipinski definition) is 4. The van der Waals surface area contributed by atoms with Gasteiger partial charge in [-0.1, -0.05) is 6.07 Å². The molecule has 22 heavy (non-hydrogen) atoms. The number of piperidine rings is 1. The number of halogens is 1. The first-order chi connectivity index (χ1) is 10.6. The molecule has 0 unspecified atom stereocenters. The molecular formula is C15H16FN3O2S. The fraction of sp³-hybridized carbons (Fsp3) is 0.333. The van der Waals surface area contributed by atoms with Crippen molar-refractivity contribution in [3.8, 4) is 0 Å². The second-order valence-corrected chi connectivity index (χ2v) is 7.20. The third-order valence-electron chi connectivity index (χ3n) is 3.89. The molecule has 0 spiro atoms. The van der Waals surface area contributed by atoms with E-state index in [1.165, 1.54) is 22.5 Å². The number of benzene rings is 1. The summed E-state index contributed by atoms with van der Waals surface area (Å²) in [6, 6.07) is 5.13. The van der Waals surface area contributed by atoms with Crippen molar-refractivity contribution in [2.24, 2.45) is 0 Å². The normalized spacial score (nSPS) is 17.5. The molecule has 1 fully saturated rings. The van der Waals surface area contributed by atoms with Crippen LogP contribution in [-0.4, -0.2) is 35.8 Å². The molecule has 1 aliphatic rings. The zero-order valence-corrected chi connectivity index (χ0v) is 12.7. The van der Waals surface area contributed by atoms with Crippen LogP contribution in [0, 0.1) is 5.82 Å². The van der Waals surface area contributed by atoms with Crippen LogP contribution in [0.15, 0.2) is 47.8 Å². The van der Waals surface area contributed by atoms with Crippen molar-refractivity contribution < 1.29 is 12.8 Å². The summed E-state index contributed by atoms with van der Waals surface area (Å²) in [5, 5.41) is 0. The smallest absolute Gasteiger partial charge is 0.243 e. The van der Waals surface area contributed by atoms with Gasteiger partial charge in [0.05, 0.1) is 10.6 Å². The summed E-state index contributed by atoms with van der Waals surface area (Å²) in [5.41, 5.74) is 0.894. The molecule has 5 nitrogen and oxygen atoms in total. The lowest BCUT2D eigenvalue weighted by atomic mass is 9.95. The van der Waals surface area contributed by atoms with Crippen molar-refractivity contribution in [3.05, 3.63) is 54.4 Å². The minimum absolute atomic E-state index is 0.00505. The number of hydrogen-bond donors (Lipinski definition) is 0. The van der Waals surface area contributed by atoms with Crippen LogP contribution >= 0.6 is 0 Å². The molecule has 2 heterocycles. The topological polar surface area (TPSA) is 63.2 Å². The fourth-order valence-electron chi connectivity index (χ4n) is 2.69. The second-order valence-electron chi connectivity index (χ2n) is 5.27. The Balaban J connectivity index is 1.73. The van der Waals surface area contributed by atoms with Crippen molar-refractivity contribution in [1.82, 2.24) is 14.3 Å². The van der Waals surface area contributed by atoms with Gasteiger partial charge in [0.1, 0.15) is 5.82 Å². The van der Waals surface area contributed by atoms with Gasteiger partial charge >= 0.3 is 0 Å². The minimum Gasteiger partial charge on any atom is -0.261 e. The van der Waals surface area contributed by atoms with Gasteiger partial charge in [-0.3, -0.25) is 9.97 Å². The van der Waals surface area contributed by atoms with Crippen LogP contribution < -0.4 is 0 Å². The Morgan fingerprint density at radius 2 is 1.95 bits per heavy atom. The molecule has 0 saturated carbocycles. The largest absolute Gasteiger partial charge is 0.261 e. The average Bonchev–Trinajstić information content (AvgIpc) is 2.56. The fourth-order valence-corrected chi connectivity index (χ4v) is 4.19. The first-order valence-corrected chi connectivity index (χ1v) is 8.53. The summed E-state index contributed by atoms with van der Waals surface area (Å²) >= 11 is 0. The van der Waals surface area contributed by atoms with Gasteiger partial charge in [0.15, 0.2) is 0 Å². The molecule has 0 amide bonds. The average molecular weight is 321 g/mol. The Hall–Kier alpha value is -1.86. The lowest BCUT2D eigenvalue weighted by molar-refractivity contribution is 0.316. The lowest BCUT2D eigenvalue weighted by Gasteiger charge is -2.30. The van der Waals surface area contributed by atoms with Gasteiger partial charge < -0.3 is 0 Å². The Labute approximate surface area is 128 Å². The molecule has 0 N–H and O–H groups in total. The standard InChI is InChI=1S/C15H16FN3O2S/c16-13-2-1-3-14(10-13)22(20,21)19-8-4-12(5-9-19)15-11-17-6-7-18-15/h1-3,6-7,10-12H,4-5,8-9H2. The van der Waals surface area contributed by atoms with E-state index in [2.05, 4.69) is 9.97 Å². The number of sulfonamides is 1. The Bertz CT molecular complexity index is 744. The molecule has 1 aromatic heterocycles. The Morgan fingerprint density at radius 1 is 1.18 bits per heavy atom. The van der Waals surface area contributed by atoms with E-state index in [1.807, 2.05) is 0 Å². The van der Waals surface area contributed by atoms with E-state index in [0.29, 0.717) is 25.9 Å². The van der Waals surface area contributed by atoms with Crippen LogP contribution in [0.3, 0.4) is 0 Å². The van der Waals surface area contributed by atoms with Gasteiger partial charge in [0.25, 0.3) is 0 Å². The summed E-state index contributed by atoms with van der Waals surface area (Å²) < 4.78 is 39.7. The maximum Gasteiger partial charge on any atom is 0.243 e. The molecule has 0 bridgehead atoms. The van der Waals surface area contributed by atoms with E-state index in [9.17, 15) is 12.8 Å².